The fourth-order valence-corrected chi connectivity index (χ4v) is 4.38. The average molecular weight is 475 g/mol. The van der Waals surface area contributed by atoms with Crippen molar-refractivity contribution in [1.29, 1.82) is 0 Å². The van der Waals surface area contributed by atoms with E-state index < -0.39 is 6.09 Å². The molecule has 1 unspecified atom stereocenters. The third-order valence-electron chi connectivity index (χ3n) is 6.21. The Balaban J connectivity index is 1.47. The van der Waals surface area contributed by atoms with Gasteiger partial charge in [-0.3, -0.25) is 4.79 Å². The minimum Gasteiger partial charge on any atom is -0.465 e. The molecule has 35 heavy (non-hydrogen) atoms. The summed E-state index contributed by atoms with van der Waals surface area (Å²) in [7, 11) is 0. The molecule has 1 fully saturated rings. The minimum absolute atomic E-state index is 0.148. The zero-order valence-corrected chi connectivity index (χ0v) is 19.7. The van der Waals surface area contributed by atoms with Gasteiger partial charge in [-0.1, -0.05) is 30.3 Å². The fourth-order valence-electron chi connectivity index (χ4n) is 4.38. The molecule has 2 aromatic carbocycles. The van der Waals surface area contributed by atoms with Gasteiger partial charge in [-0.25, -0.2) is 14.8 Å². The summed E-state index contributed by atoms with van der Waals surface area (Å²) in [6.07, 6.45) is 1.75. The number of hydrogen-bond donors (Lipinski definition) is 3. The van der Waals surface area contributed by atoms with Gasteiger partial charge in [0.1, 0.15) is 0 Å². The highest BCUT2D eigenvalue weighted by Crippen LogP contribution is 2.27. The summed E-state index contributed by atoms with van der Waals surface area (Å²) in [6.45, 7) is 4.24. The second-order valence-electron chi connectivity index (χ2n) is 8.75. The predicted molar refractivity (Wildman–Crippen MR) is 135 cm³/mol. The number of anilines is 3. The quantitative estimate of drug-likeness (QED) is 0.456. The van der Waals surface area contributed by atoms with Crippen LogP contribution < -0.4 is 16.0 Å². The highest BCUT2D eigenvalue weighted by atomic mass is 16.4. The smallest absolute Gasteiger partial charge is 0.407 e. The second kappa shape index (κ2) is 10.9. The Bertz CT molecular complexity index is 1160. The van der Waals surface area contributed by atoms with E-state index in [9.17, 15) is 9.59 Å². The first kappa shape index (κ1) is 24.0. The Morgan fingerprint density at radius 3 is 2.37 bits per heavy atom. The Labute approximate surface area is 204 Å². The molecule has 9 nitrogen and oxygen atoms in total. The van der Waals surface area contributed by atoms with Gasteiger partial charge in [-0.05, 0) is 48.7 Å². The van der Waals surface area contributed by atoms with Crippen molar-refractivity contribution < 1.29 is 14.7 Å². The van der Waals surface area contributed by atoms with Crippen LogP contribution in [-0.2, 0) is 11.2 Å². The Morgan fingerprint density at radius 1 is 1.06 bits per heavy atom. The fraction of sp³-hybridized carbons (Fsp3) is 0.308. The molecule has 4 rings (SSSR count). The first-order chi connectivity index (χ1) is 16.9. The lowest BCUT2D eigenvalue weighted by Gasteiger charge is -2.34. The molecule has 2 heterocycles. The molecule has 1 atom stereocenters. The maximum Gasteiger partial charge on any atom is 0.407 e. The van der Waals surface area contributed by atoms with E-state index in [-0.39, 0.29) is 18.2 Å². The summed E-state index contributed by atoms with van der Waals surface area (Å²) in [5, 5.41) is 12.4. The standard InChI is InChI=1S/C26H30N6O3/c1-18-17-28-25(30-24(18)20(16-23(27)33)15-19-5-3-2-4-6-19)29-21-7-9-22(10-8-21)31-11-13-32(14-12-31)26(34)35/h2-10,17,20H,11-16H2,1H3,(H2,27,33)(H,34,35)(H,28,29,30). The van der Waals surface area contributed by atoms with E-state index in [0.29, 0.717) is 38.5 Å². The number of rotatable bonds is 8. The normalized spacial score (nSPS) is 14.4. The van der Waals surface area contributed by atoms with E-state index in [1.165, 1.54) is 4.90 Å². The number of carbonyl (C=O) groups is 2. The number of benzene rings is 2. The van der Waals surface area contributed by atoms with Gasteiger partial charge in [-0.2, -0.15) is 0 Å². The average Bonchev–Trinajstić information content (AvgIpc) is 2.86. The Morgan fingerprint density at radius 2 is 1.74 bits per heavy atom. The third kappa shape index (κ3) is 6.26. The zero-order chi connectivity index (χ0) is 24.8. The summed E-state index contributed by atoms with van der Waals surface area (Å²) in [5.74, 6) is -0.0560. The van der Waals surface area contributed by atoms with E-state index in [0.717, 1.165) is 28.2 Å². The van der Waals surface area contributed by atoms with Crippen molar-refractivity contribution in [1.82, 2.24) is 14.9 Å². The zero-order valence-electron chi connectivity index (χ0n) is 19.7. The summed E-state index contributed by atoms with van der Waals surface area (Å²) < 4.78 is 0. The molecule has 182 valence electrons. The van der Waals surface area contributed by atoms with Crippen LogP contribution >= 0.6 is 0 Å². The van der Waals surface area contributed by atoms with Crippen molar-refractivity contribution in [3.63, 3.8) is 0 Å². The Hall–Kier alpha value is -4.14. The van der Waals surface area contributed by atoms with Crippen molar-refractivity contribution in [2.24, 2.45) is 5.73 Å². The van der Waals surface area contributed by atoms with Crippen LogP contribution in [0.5, 0.6) is 0 Å². The van der Waals surface area contributed by atoms with Crippen molar-refractivity contribution in [3.8, 4) is 0 Å². The van der Waals surface area contributed by atoms with Gasteiger partial charge < -0.3 is 26.0 Å². The molecule has 1 saturated heterocycles. The monoisotopic (exact) mass is 474 g/mol. The molecule has 1 aliphatic heterocycles. The van der Waals surface area contributed by atoms with Gasteiger partial charge in [0.05, 0.1) is 5.69 Å². The number of piperazine rings is 1. The maximum absolute atomic E-state index is 11.8. The van der Waals surface area contributed by atoms with E-state index in [1.54, 1.807) is 6.20 Å². The van der Waals surface area contributed by atoms with Crippen LogP contribution in [0.2, 0.25) is 0 Å². The molecule has 1 aromatic heterocycles. The largest absolute Gasteiger partial charge is 0.465 e. The lowest BCUT2D eigenvalue weighted by molar-refractivity contribution is -0.118. The van der Waals surface area contributed by atoms with Gasteiger partial charge in [0.15, 0.2) is 0 Å². The summed E-state index contributed by atoms with van der Waals surface area (Å²) in [4.78, 5) is 35.7. The molecule has 2 amide bonds. The number of nitrogens with two attached hydrogens (primary N) is 1. The highest BCUT2D eigenvalue weighted by Gasteiger charge is 2.21. The van der Waals surface area contributed by atoms with E-state index in [4.69, 9.17) is 15.8 Å². The number of carbonyl (C=O) groups excluding carboxylic acids is 1. The number of nitrogens with zero attached hydrogens (tertiary/aromatic N) is 4. The molecule has 1 aliphatic rings. The lowest BCUT2D eigenvalue weighted by atomic mass is 9.90. The summed E-state index contributed by atoms with van der Waals surface area (Å²) >= 11 is 0. The first-order valence-electron chi connectivity index (χ1n) is 11.6. The lowest BCUT2D eigenvalue weighted by Crippen LogP contribution is -2.48. The number of nitrogens with one attached hydrogen (secondary N) is 1. The van der Waals surface area contributed by atoms with Crippen molar-refractivity contribution in [3.05, 3.63) is 77.6 Å². The number of carboxylic acid groups (broad SMARTS) is 1. The molecule has 3 aromatic rings. The highest BCUT2D eigenvalue weighted by molar-refractivity contribution is 5.75. The number of amides is 2. The number of hydrogen-bond acceptors (Lipinski definition) is 6. The first-order valence-corrected chi connectivity index (χ1v) is 11.6. The van der Waals surface area contributed by atoms with Crippen LogP contribution in [0.3, 0.4) is 0 Å². The van der Waals surface area contributed by atoms with Gasteiger partial charge in [0.2, 0.25) is 11.9 Å². The Kier molecular flexibility index (Phi) is 7.45. The number of primary amides is 1. The summed E-state index contributed by atoms with van der Waals surface area (Å²) in [5.41, 5.74) is 10.3. The van der Waals surface area contributed by atoms with Gasteiger partial charge in [0, 0.05) is 56.1 Å². The van der Waals surface area contributed by atoms with Crippen molar-refractivity contribution >= 4 is 29.3 Å². The van der Waals surface area contributed by atoms with Crippen LogP contribution in [-0.4, -0.2) is 58.2 Å². The molecule has 9 heteroatoms. The van der Waals surface area contributed by atoms with E-state index in [2.05, 4.69) is 15.2 Å². The van der Waals surface area contributed by atoms with E-state index >= 15 is 0 Å². The van der Waals surface area contributed by atoms with Crippen molar-refractivity contribution in [2.45, 2.75) is 25.7 Å². The van der Waals surface area contributed by atoms with Crippen LogP contribution in [0.1, 0.15) is 29.2 Å². The molecule has 0 spiro atoms. The molecular weight excluding hydrogens is 444 g/mol. The van der Waals surface area contributed by atoms with Crippen LogP contribution in [0.15, 0.2) is 60.8 Å². The SMILES string of the molecule is Cc1cnc(Nc2ccc(N3CCN(C(=O)O)CC3)cc2)nc1C(CC(N)=O)Cc1ccccc1. The maximum atomic E-state index is 11.8. The molecule has 0 saturated carbocycles. The topological polar surface area (TPSA) is 125 Å². The molecule has 0 aliphatic carbocycles. The molecule has 4 N–H and O–H groups in total. The van der Waals surface area contributed by atoms with E-state index in [1.807, 2.05) is 61.5 Å². The van der Waals surface area contributed by atoms with Gasteiger partial charge >= 0.3 is 6.09 Å². The summed E-state index contributed by atoms with van der Waals surface area (Å²) in [6, 6.07) is 17.9. The molecule has 0 bridgehead atoms. The second-order valence-corrected chi connectivity index (χ2v) is 8.75. The van der Waals surface area contributed by atoms with Gasteiger partial charge in [0.25, 0.3) is 0 Å². The van der Waals surface area contributed by atoms with Crippen LogP contribution in [0, 0.1) is 6.92 Å². The number of aryl methyl sites for hydroxylation is 1. The van der Waals surface area contributed by atoms with Crippen molar-refractivity contribution in [2.75, 3.05) is 36.4 Å². The van der Waals surface area contributed by atoms with Crippen LogP contribution in [0.25, 0.3) is 0 Å². The minimum atomic E-state index is -0.872. The van der Waals surface area contributed by atoms with Gasteiger partial charge in [-0.15, -0.1) is 0 Å². The predicted octanol–water partition coefficient (Wildman–Crippen LogP) is 3.53. The molecule has 0 radical (unpaired) electrons. The number of aromatic nitrogens is 2. The third-order valence-corrected chi connectivity index (χ3v) is 6.21. The molecular formula is C26H30N6O3. The van der Waals surface area contributed by atoms with Crippen LogP contribution in [0.4, 0.5) is 22.1 Å².